The number of H-pyrrole nitrogens is 1. The van der Waals surface area contributed by atoms with Crippen LogP contribution in [0.4, 0.5) is 5.82 Å². The molecule has 3 saturated carbocycles. The second-order valence-corrected chi connectivity index (χ2v) is 19.0. The van der Waals surface area contributed by atoms with Crippen molar-refractivity contribution in [3.8, 4) is 0 Å². The van der Waals surface area contributed by atoms with Crippen LogP contribution in [-0.4, -0.2) is 52.4 Å². The third-order valence-corrected chi connectivity index (χ3v) is 15.7. The van der Waals surface area contributed by atoms with Crippen molar-refractivity contribution < 1.29 is 14.3 Å². The van der Waals surface area contributed by atoms with E-state index in [1.54, 1.807) is 5.57 Å². The first kappa shape index (κ1) is 32.6. The first-order valence-electron chi connectivity index (χ1n) is 18.9. The zero-order chi connectivity index (χ0) is 34.0. The van der Waals surface area contributed by atoms with Gasteiger partial charge < -0.3 is 20.6 Å². The molecule has 8 nitrogen and oxygen atoms in total. The molecule has 6 aliphatic rings. The van der Waals surface area contributed by atoms with E-state index in [1.807, 2.05) is 0 Å². The Bertz CT molecular complexity index is 1640. The molecule has 0 spiro atoms. The molecule has 0 aromatic carbocycles. The lowest BCUT2D eigenvalue weighted by Gasteiger charge is -2.70. The van der Waals surface area contributed by atoms with Gasteiger partial charge in [0.1, 0.15) is 11.6 Å². The van der Waals surface area contributed by atoms with Crippen LogP contribution in [0.15, 0.2) is 22.3 Å². The first-order valence-corrected chi connectivity index (χ1v) is 18.9. The van der Waals surface area contributed by atoms with Crippen LogP contribution < -0.4 is 11.1 Å². The van der Waals surface area contributed by atoms with Crippen molar-refractivity contribution in [1.82, 2.24) is 20.4 Å². The Labute approximate surface area is 287 Å². The van der Waals surface area contributed by atoms with E-state index in [9.17, 15) is 9.90 Å². The van der Waals surface area contributed by atoms with Gasteiger partial charge in [0, 0.05) is 42.7 Å². The minimum atomic E-state index is -0.601. The molecule has 2 aromatic heterocycles. The van der Waals surface area contributed by atoms with E-state index in [4.69, 9.17) is 15.2 Å². The molecule has 4 fully saturated rings. The number of furan rings is 1. The van der Waals surface area contributed by atoms with Gasteiger partial charge in [-0.05, 0) is 108 Å². The molecule has 8 atom stereocenters. The van der Waals surface area contributed by atoms with Crippen molar-refractivity contribution in [1.29, 1.82) is 0 Å². The zero-order valence-electron chi connectivity index (χ0n) is 30.5. The lowest BCUT2D eigenvalue weighted by molar-refractivity contribution is -0.161. The summed E-state index contributed by atoms with van der Waals surface area (Å²) in [5.74, 6) is 2.30. The maximum absolute atomic E-state index is 12.9. The third-order valence-electron chi connectivity index (χ3n) is 15.7. The van der Waals surface area contributed by atoms with Gasteiger partial charge in [0.2, 0.25) is 0 Å². The van der Waals surface area contributed by atoms with Gasteiger partial charge in [-0.3, -0.25) is 14.8 Å². The average molecular weight is 658 g/mol. The van der Waals surface area contributed by atoms with E-state index in [2.05, 4.69) is 76.1 Å². The highest BCUT2D eigenvalue weighted by atomic mass is 16.4. The van der Waals surface area contributed by atoms with E-state index < -0.39 is 5.97 Å². The summed E-state index contributed by atoms with van der Waals surface area (Å²) in [5.41, 5.74) is 13.3. The van der Waals surface area contributed by atoms with E-state index in [0.717, 1.165) is 82.8 Å². The molecule has 8 rings (SSSR count). The second kappa shape index (κ2) is 10.7. The Balaban J connectivity index is 1.29. The van der Waals surface area contributed by atoms with Gasteiger partial charge in [-0.1, -0.05) is 54.0 Å². The van der Waals surface area contributed by atoms with Gasteiger partial charge >= 0.3 is 5.97 Å². The van der Waals surface area contributed by atoms with Crippen molar-refractivity contribution in [3.05, 3.63) is 40.5 Å². The third kappa shape index (κ3) is 4.52. The molecule has 3 heterocycles. The topological polar surface area (TPSA) is 120 Å². The standard InChI is InChI=1S/C40H59N5O3/c1-36(2)18-27-25(28(19-36)35(46)47)8-10-40(7)32(27)26(23-16-24(48-22-23)21-45-14-12-42-13-15-45)17-31-38(5)20-29-33(43-44-34(29)41)37(3,4)30(38)9-11-39(31,40)6/h16,22,25,27-28,30-31,42H,8-15,17-21H2,1-7H3,(H,46,47)(H3,41,43,44)/t25?,27?,28-,30?,31?,38?,39?,40?/m1/s1. The summed E-state index contributed by atoms with van der Waals surface area (Å²) < 4.78 is 6.43. The highest BCUT2D eigenvalue weighted by molar-refractivity contribution is 5.75. The van der Waals surface area contributed by atoms with Gasteiger partial charge in [0.15, 0.2) is 0 Å². The maximum Gasteiger partial charge on any atom is 0.306 e. The summed E-state index contributed by atoms with van der Waals surface area (Å²) in [6, 6.07) is 2.35. The van der Waals surface area contributed by atoms with Crippen molar-refractivity contribution in [2.24, 2.45) is 51.2 Å². The van der Waals surface area contributed by atoms with Gasteiger partial charge in [-0.2, -0.15) is 5.10 Å². The first-order chi connectivity index (χ1) is 22.6. The number of carbonyl (C=O) groups is 1. The molecule has 1 saturated heterocycles. The molecule has 1 aliphatic heterocycles. The number of nitrogen functional groups attached to an aromatic ring is 1. The highest BCUT2D eigenvalue weighted by Gasteiger charge is 2.68. The molecule has 2 aromatic rings. The fourth-order valence-corrected chi connectivity index (χ4v) is 13.4. The number of nitrogens with one attached hydrogen (secondary N) is 2. The number of rotatable bonds is 4. The molecular formula is C40H59N5O3. The quantitative estimate of drug-likeness (QED) is 0.273. The molecular weight excluding hydrogens is 598 g/mol. The fraction of sp³-hybridized carbons (Fsp3) is 0.750. The number of nitrogens with two attached hydrogens (primary N) is 1. The van der Waals surface area contributed by atoms with Crippen molar-refractivity contribution in [2.45, 2.75) is 112 Å². The predicted octanol–water partition coefficient (Wildman–Crippen LogP) is 7.27. The van der Waals surface area contributed by atoms with Crippen LogP contribution in [0, 0.1) is 51.2 Å². The second-order valence-electron chi connectivity index (χ2n) is 19.0. The Hall–Kier alpha value is -2.58. The molecule has 5 aliphatic carbocycles. The summed E-state index contributed by atoms with van der Waals surface area (Å²) in [6.07, 6.45) is 10.3. The Kier molecular flexibility index (Phi) is 7.28. The van der Waals surface area contributed by atoms with Crippen LogP contribution in [-0.2, 0) is 23.2 Å². The number of hydrogen-bond donors (Lipinski definition) is 4. The normalized spacial score (nSPS) is 40.3. The predicted molar refractivity (Wildman–Crippen MR) is 189 cm³/mol. The summed E-state index contributed by atoms with van der Waals surface area (Å²) >= 11 is 0. The average Bonchev–Trinajstić information content (AvgIpc) is 3.63. The Morgan fingerprint density at radius 2 is 1.81 bits per heavy atom. The van der Waals surface area contributed by atoms with Gasteiger partial charge in [0.25, 0.3) is 0 Å². The van der Waals surface area contributed by atoms with Crippen LogP contribution in [0.5, 0.6) is 0 Å². The molecule has 0 bridgehead atoms. The number of carboxylic acids is 1. The number of allylic oxidation sites excluding steroid dienone is 2. The minimum Gasteiger partial charge on any atom is -0.481 e. The molecule has 0 radical (unpaired) electrons. The summed E-state index contributed by atoms with van der Waals surface area (Å²) in [4.78, 5) is 15.4. The Morgan fingerprint density at radius 1 is 1.06 bits per heavy atom. The largest absolute Gasteiger partial charge is 0.481 e. The highest BCUT2D eigenvalue weighted by Crippen LogP contribution is 2.76. The van der Waals surface area contributed by atoms with Crippen molar-refractivity contribution >= 4 is 17.4 Å². The van der Waals surface area contributed by atoms with Crippen LogP contribution in [0.1, 0.15) is 116 Å². The van der Waals surface area contributed by atoms with Crippen molar-refractivity contribution in [2.75, 3.05) is 31.9 Å². The summed E-state index contributed by atoms with van der Waals surface area (Å²) in [7, 11) is 0. The van der Waals surface area contributed by atoms with Gasteiger partial charge in [-0.15, -0.1) is 0 Å². The zero-order valence-corrected chi connectivity index (χ0v) is 30.5. The van der Waals surface area contributed by atoms with Crippen molar-refractivity contribution in [3.63, 3.8) is 0 Å². The smallest absolute Gasteiger partial charge is 0.306 e. The lowest BCUT2D eigenvalue weighted by atomic mass is 9.33. The number of aromatic nitrogens is 2. The number of carboxylic acid groups (broad SMARTS) is 1. The minimum absolute atomic E-state index is 0.0194. The number of piperazine rings is 1. The summed E-state index contributed by atoms with van der Waals surface area (Å²) in [5, 5.41) is 22.0. The molecule has 8 heteroatoms. The van der Waals surface area contributed by atoms with Crippen LogP contribution >= 0.6 is 0 Å². The Morgan fingerprint density at radius 3 is 2.54 bits per heavy atom. The lowest BCUT2D eigenvalue weighted by Crippen LogP contribution is -2.64. The van der Waals surface area contributed by atoms with Gasteiger partial charge in [0.05, 0.1) is 24.4 Å². The van der Waals surface area contributed by atoms with E-state index in [0.29, 0.717) is 11.8 Å². The maximum atomic E-state index is 12.9. The number of aliphatic carboxylic acids is 1. The van der Waals surface area contributed by atoms with E-state index in [-0.39, 0.29) is 44.8 Å². The number of nitrogens with zero attached hydrogens (tertiary/aromatic N) is 2. The SMILES string of the molecule is CC1(C)CC2C3=C(c4coc(CN5CCNCC5)c4)CC4C5(C)Cc6c(n[nH]c6N)C(C)(C)C5CCC4(C)C3(C)CCC2[C@H](C(=O)O)C1. The van der Waals surface area contributed by atoms with E-state index >= 15 is 0 Å². The number of aromatic amines is 1. The number of hydrogen-bond acceptors (Lipinski definition) is 6. The molecule has 262 valence electrons. The summed E-state index contributed by atoms with van der Waals surface area (Å²) in [6.45, 7) is 22.2. The molecule has 48 heavy (non-hydrogen) atoms. The number of anilines is 1. The van der Waals surface area contributed by atoms with Crippen LogP contribution in [0.25, 0.3) is 5.57 Å². The molecule has 0 amide bonds. The fourth-order valence-electron chi connectivity index (χ4n) is 13.4. The molecule has 5 N–H and O–H groups in total. The van der Waals surface area contributed by atoms with Crippen LogP contribution in [0.2, 0.25) is 0 Å². The van der Waals surface area contributed by atoms with E-state index in [1.165, 1.54) is 35.2 Å². The van der Waals surface area contributed by atoms with Gasteiger partial charge in [-0.25, -0.2) is 0 Å². The molecule has 7 unspecified atom stereocenters. The van der Waals surface area contributed by atoms with Crippen LogP contribution in [0.3, 0.4) is 0 Å². The monoisotopic (exact) mass is 657 g/mol. The number of fused-ring (bicyclic) bond motifs is 8.